The molecule has 0 amide bonds. The summed E-state index contributed by atoms with van der Waals surface area (Å²) in [6.45, 7) is 5.51. The third-order valence-corrected chi connectivity index (χ3v) is 5.24. The average Bonchev–Trinajstić information content (AvgIpc) is 2.79. The van der Waals surface area contributed by atoms with E-state index in [2.05, 4.69) is 44.8 Å². The van der Waals surface area contributed by atoms with Crippen molar-refractivity contribution >= 4 is 11.6 Å². The van der Waals surface area contributed by atoms with Gasteiger partial charge in [0.25, 0.3) is 0 Å². The summed E-state index contributed by atoms with van der Waals surface area (Å²) in [5, 5.41) is 6.75. The monoisotopic (exact) mass is 410 g/mol. The third kappa shape index (κ3) is 7.04. The molecule has 0 bridgehead atoms. The molecule has 2 aromatic rings. The van der Waals surface area contributed by atoms with E-state index in [4.69, 9.17) is 9.47 Å². The van der Waals surface area contributed by atoms with Crippen molar-refractivity contribution in [2.75, 3.05) is 52.3 Å². The van der Waals surface area contributed by atoms with E-state index >= 15 is 0 Å². The maximum absolute atomic E-state index is 5.77. The maximum atomic E-state index is 5.77. The summed E-state index contributed by atoms with van der Waals surface area (Å²) in [7, 11) is 3.50. The van der Waals surface area contributed by atoms with Gasteiger partial charge < -0.3 is 20.1 Å². The van der Waals surface area contributed by atoms with E-state index in [1.54, 1.807) is 14.2 Å². The highest BCUT2D eigenvalue weighted by Crippen LogP contribution is 2.19. The zero-order valence-corrected chi connectivity index (χ0v) is 18.2. The number of benzene rings is 2. The van der Waals surface area contributed by atoms with Gasteiger partial charge in [-0.2, -0.15) is 0 Å². The summed E-state index contributed by atoms with van der Waals surface area (Å²) < 4.78 is 10.8. The fourth-order valence-corrected chi connectivity index (χ4v) is 3.63. The van der Waals surface area contributed by atoms with Crippen molar-refractivity contribution in [2.24, 2.45) is 4.99 Å². The van der Waals surface area contributed by atoms with Crippen LogP contribution in [0.5, 0.6) is 5.75 Å². The highest BCUT2D eigenvalue weighted by Gasteiger charge is 2.14. The van der Waals surface area contributed by atoms with Gasteiger partial charge in [0.2, 0.25) is 0 Å². The molecule has 0 radical (unpaired) electrons. The molecule has 1 heterocycles. The first-order valence-corrected chi connectivity index (χ1v) is 10.8. The summed E-state index contributed by atoms with van der Waals surface area (Å²) in [6.07, 6.45) is 3.10. The molecule has 0 aliphatic carbocycles. The van der Waals surface area contributed by atoms with Crippen LogP contribution in [-0.2, 0) is 17.7 Å². The Balaban J connectivity index is 1.38. The van der Waals surface area contributed by atoms with Crippen LogP contribution >= 0.6 is 0 Å². The Morgan fingerprint density at radius 2 is 1.93 bits per heavy atom. The lowest BCUT2D eigenvalue weighted by molar-refractivity contribution is 0.172. The van der Waals surface area contributed by atoms with Crippen molar-refractivity contribution in [1.82, 2.24) is 10.2 Å². The van der Waals surface area contributed by atoms with Crippen molar-refractivity contribution in [3.8, 4) is 5.75 Å². The lowest BCUT2D eigenvalue weighted by atomic mass is 10.00. The van der Waals surface area contributed by atoms with Gasteiger partial charge in [-0.05, 0) is 36.1 Å². The summed E-state index contributed by atoms with van der Waals surface area (Å²) in [5.74, 6) is 1.62. The van der Waals surface area contributed by atoms with E-state index in [0.717, 1.165) is 62.8 Å². The second-order valence-electron chi connectivity index (χ2n) is 7.50. The number of aliphatic imine (C=N–C) groups is 1. The molecule has 6 nitrogen and oxygen atoms in total. The van der Waals surface area contributed by atoms with E-state index in [1.807, 2.05) is 24.3 Å². The molecular weight excluding hydrogens is 376 g/mol. The number of nitrogens with zero attached hydrogens (tertiary/aromatic N) is 2. The van der Waals surface area contributed by atoms with Crippen LogP contribution in [-0.4, -0.2) is 57.9 Å². The predicted octanol–water partition coefficient (Wildman–Crippen LogP) is 3.54. The quantitative estimate of drug-likeness (QED) is 0.356. The lowest BCUT2D eigenvalue weighted by Crippen LogP contribution is -2.35. The molecular formula is C24H34N4O2. The van der Waals surface area contributed by atoms with Crippen molar-refractivity contribution < 1.29 is 9.47 Å². The van der Waals surface area contributed by atoms with Crippen LogP contribution in [0.25, 0.3) is 0 Å². The van der Waals surface area contributed by atoms with E-state index in [0.29, 0.717) is 13.2 Å². The Morgan fingerprint density at radius 3 is 2.77 bits per heavy atom. The van der Waals surface area contributed by atoms with Gasteiger partial charge in [-0.15, -0.1) is 0 Å². The van der Waals surface area contributed by atoms with Gasteiger partial charge >= 0.3 is 0 Å². The minimum absolute atomic E-state index is 0.644. The van der Waals surface area contributed by atoms with Crippen LogP contribution in [0.4, 0.5) is 5.69 Å². The van der Waals surface area contributed by atoms with Crippen molar-refractivity contribution in [2.45, 2.75) is 25.8 Å². The average molecular weight is 411 g/mol. The molecule has 162 valence electrons. The maximum Gasteiger partial charge on any atom is 0.195 e. The number of hydrogen-bond donors (Lipinski definition) is 2. The van der Waals surface area contributed by atoms with Crippen molar-refractivity contribution in [3.05, 3.63) is 59.7 Å². The third-order valence-electron chi connectivity index (χ3n) is 5.24. The number of nitrogens with one attached hydrogen (secondary N) is 2. The number of ether oxygens (including phenoxy) is 2. The molecule has 0 fully saturated rings. The van der Waals surface area contributed by atoms with Gasteiger partial charge in [0.05, 0.1) is 6.61 Å². The second-order valence-corrected chi connectivity index (χ2v) is 7.50. The topological polar surface area (TPSA) is 58.1 Å². The van der Waals surface area contributed by atoms with E-state index in [-0.39, 0.29) is 0 Å². The number of anilines is 1. The zero-order chi connectivity index (χ0) is 21.0. The molecule has 2 aromatic carbocycles. The zero-order valence-electron chi connectivity index (χ0n) is 18.2. The Bertz CT molecular complexity index is 809. The van der Waals surface area contributed by atoms with E-state index in [1.165, 1.54) is 11.1 Å². The van der Waals surface area contributed by atoms with E-state index in [9.17, 15) is 0 Å². The van der Waals surface area contributed by atoms with Gasteiger partial charge in [-0.3, -0.25) is 9.89 Å². The molecule has 1 aliphatic heterocycles. The summed E-state index contributed by atoms with van der Waals surface area (Å²) in [4.78, 5) is 6.87. The minimum Gasteiger partial charge on any atom is -0.493 e. The first kappa shape index (κ1) is 22.1. The van der Waals surface area contributed by atoms with Crippen LogP contribution in [0.15, 0.2) is 53.5 Å². The normalized spacial score (nSPS) is 14.3. The lowest BCUT2D eigenvalue weighted by Gasteiger charge is -2.28. The molecule has 3 rings (SSSR count). The fourth-order valence-electron chi connectivity index (χ4n) is 3.63. The Kier molecular flexibility index (Phi) is 9.00. The Hall–Kier alpha value is -2.57. The molecule has 0 spiro atoms. The highest BCUT2D eigenvalue weighted by atomic mass is 16.5. The molecule has 0 aromatic heterocycles. The molecule has 1 aliphatic rings. The van der Waals surface area contributed by atoms with Gasteiger partial charge in [-0.25, -0.2) is 0 Å². The molecule has 30 heavy (non-hydrogen) atoms. The Morgan fingerprint density at radius 1 is 1.07 bits per heavy atom. The second kappa shape index (κ2) is 12.2. The summed E-state index contributed by atoms with van der Waals surface area (Å²) in [6, 6.07) is 16.7. The number of fused-ring (bicyclic) bond motifs is 1. The Labute approximate surface area is 180 Å². The van der Waals surface area contributed by atoms with Crippen LogP contribution in [0.1, 0.15) is 24.0 Å². The molecule has 0 saturated carbocycles. The van der Waals surface area contributed by atoms with Crippen LogP contribution in [0.2, 0.25) is 0 Å². The van der Waals surface area contributed by atoms with Crippen LogP contribution in [0, 0.1) is 0 Å². The van der Waals surface area contributed by atoms with Crippen molar-refractivity contribution in [3.63, 3.8) is 0 Å². The predicted molar refractivity (Wildman–Crippen MR) is 123 cm³/mol. The smallest absolute Gasteiger partial charge is 0.195 e. The molecule has 0 saturated heterocycles. The summed E-state index contributed by atoms with van der Waals surface area (Å²) in [5.41, 5.74) is 3.93. The van der Waals surface area contributed by atoms with Crippen LogP contribution in [0.3, 0.4) is 0 Å². The highest BCUT2D eigenvalue weighted by molar-refractivity contribution is 5.93. The van der Waals surface area contributed by atoms with Gasteiger partial charge in [-0.1, -0.05) is 30.3 Å². The van der Waals surface area contributed by atoms with Gasteiger partial charge in [0.15, 0.2) is 5.96 Å². The number of rotatable bonds is 10. The number of methoxy groups -OCH3 is 1. The number of hydrogen-bond acceptors (Lipinski definition) is 4. The minimum atomic E-state index is 0.644. The fraction of sp³-hybridized carbons (Fsp3) is 0.458. The molecule has 0 unspecified atom stereocenters. The van der Waals surface area contributed by atoms with E-state index < -0.39 is 0 Å². The number of guanidine groups is 1. The van der Waals surface area contributed by atoms with Gasteiger partial charge in [0.1, 0.15) is 5.75 Å². The molecule has 2 N–H and O–H groups in total. The van der Waals surface area contributed by atoms with Crippen LogP contribution < -0.4 is 15.4 Å². The first-order valence-electron chi connectivity index (χ1n) is 10.8. The molecule has 6 heteroatoms. The SMILES string of the molecule is CN=C(NCCCN1CCc2ccccc2C1)Nc1cccc(OCCCOC)c1. The standard InChI is InChI=1S/C24H34N4O2/c1-25-24(27-22-10-5-11-23(18-22)30-17-7-16-29-2)26-13-6-14-28-15-12-20-8-3-4-9-21(20)19-28/h3-5,8-11,18H,6-7,12-17,19H2,1-2H3,(H2,25,26,27). The van der Waals surface area contributed by atoms with Gasteiger partial charge in [0, 0.05) is 65.1 Å². The largest absolute Gasteiger partial charge is 0.493 e. The molecule has 0 atom stereocenters. The first-order chi connectivity index (χ1) is 14.8. The van der Waals surface area contributed by atoms with Crippen molar-refractivity contribution in [1.29, 1.82) is 0 Å². The summed E-state index contributed by atoms with van der Waals surface area (Å²) >= 11 is 0.